The first kappa shape index (κ1) is 12.0. The van der Waals surface area contributed by atoms with E-state index in [2.05, 4.69) is 10.3 Å². The maximum Gasteiger partial charge on any atom is 0.213 e. The molecule has 1 aromatic heterocycles. The highest BCUT2D eigenvalue weighted by Crippen LogP contribution is 2.18. The van der Waals surface area contributed by atoms with Crippen molar-refractivity contribution < 1.29 is 14.6 Å². The fourth-order valence-electron chi connectivity index (χ4n) is 1.27. The zero-order chi connectivity index (χ0) is 11.3. The molecule has 15 heavy (non-hydrogen) atoms. The van der Waals surface area contributed by atoms with E-state index in [1.165, 1.54) is 12.3 Å². The second-order valence-corrected chi connectivity index (χ2v) is 3.32. The molecule has 0 aliphatic rings. The number of halogens is 1. The number of rotatable bonds is 5. The molecule has 0 fully saturated rings. The minimum Gasteiger partial charge on any atom is -0.390 e. The highest BCUT2D eigenvalue weighted by atomic mass is 19.1. The zero-order valence-corrected chi connectivity index (χ0v) is 8.52. The zero-order valence-electron chi connectivity index (χ0n) is 8.52. The molecule has 4 nitrogen and oxygen atoms in total. The minimum absolute atomic E-state index is 0.339. The average Bonchev–Trinajstić information content (AvgIpc) is 2.24. The molecule has 0 aromatic carbocycles. The van der Waals surface area contributed by atoms with Gasteiger partial charge in [0, 0.05) is 6.20 Å². The molecular formula is C10H15FN2O2. The van der Waals surface area contributed by atoms with Gasteiger partial charge >= 0.3 is 0 Å². The van der Waals surface area contributed by atoms with Gasteiger partial charge in [-0.15, -0.1) is 0 Å². The molecule has 0 saturated heterocycles. The Labute approximate surface area is 87.8 Å². The number of nitrogens with one attached hydrogen (secondary N) is 1. The van der Waals surface area contributed by atoms with Gasteiger partial charge in [-0.25, -0.2) is 4.98 Å². The molecule has 1 aromatic rings. The largest absolute Gasteiger partial charge is 0.390 e. The van der Waals surface area contributed by atoms with Crippen LogP contribution >= 0.6 is 0 Å². The van der Waals surface area contributed by atoms with Crippen molar-refractivity contribution in [1.82, 2.24) is 10.3 Å². The van der Waals surface area contributed by atoms with Crippen LogP contribution in [0.5, 0.6) is 0 Å². The topological polar surface area (TPSA) is 65.4 Å². The van der Waals surface area contributed by atoms with Crippen LogP contribution in [-0.4, -0.2) is 34.9 Å². The Kier molecular flexibility index (Phi) is 4.61. The van der Waals surface area contributed by atoms with E-state index >= 15 is 0 Å². The Bertz CT molecular complexity index is 309. The van der Waals surface area contributed by atoms with Crippen LogP contribution in [0.4, 0.5) is 4.39 Å². The Morgan fingerprint density at radius 1 is 1.53 bits per heavy atom. The molecule has 0 bridgehead atoms. The summed E-state index contributed by atoms with van der Waals surface area (Å²) < 4.78 is 12.7. The molecule has 2 unspecified atom stereocenters. The van der Waals surface area contributed by atoms with E-state index in [0.717, 1.165) is 6.07 Å². The van der Waals surface area contributed by atoms with Crippen molar-refractivity contribution in [2.75, 3.05) is 13.6 Å². The first-order valence-electron chi connectivity index (χ1n) is 4.77. The van der Waals surface area contributed by atoms with Crippen LogP contribution < -0.4 is 5.32 Å². The van der Waals surface area contributed by atoms with Crippen molar-refractivity contribution in [3.8, 4) is 0 Å². The summed E-state index contributed by atoms with van der Waals surface area (Å²) in [7, 11) is 1.76. The first-order chi connectivity index (χ1) is 7.15. The third kappa shape index (κ3) is 3.54. The van der Waals surface area contributed by atoms with Crippen LogP contribution in [0, 0.1) is 5.95 Å². The van der Waals surface area contributed by atoms with Gasteiger partial charge in [-0.3, -0.25) is 0 Å². The second-order valence-electron chi connectivity index (χ2n) is 3.32. The predicted molar refractivity (Wildman–Crippen MR) is 53.7 cm³/mol. The number of hydrogen-bond donors (Lipinski definition) is 3. The molecule has 1 heterocycles. The van der Waals surface area contributed by atoms with E-state index in [4.69, 9.17) is 0 Å². The molecule has 84 valence electrons. The quantitative estimate of drug-likeness (QED) is 0.614. The minimum atomic E-state index is -1.07. The maximum atomic E-state index is 12.7. The first-order valence-corrected chi connectivity index (χ1v) is 4.77. The molecule has 5 heteroatoms. The van der Waals surface area contributed by atoms with Gasteiger partial charge in [0.1, 0.15) is 6.10 Å². The van der Waals surface area contributed by atoms with E-state index < -0.39 is 18.2 Å². The van der Waals surface area contributed by atoms with Gasteiger partial charge in [0.05, 0.1) is 6.10 Å². The molecule has 0 spiro atoms. The van der Waals surface area contributed by atoms with Crippen molar-refractivity contribution in [3.63, 3.8) is 0 Å². The van der Waals surface area contributed by atoms with Crippen molar-refractivity contribution >= 4 is 0 Å². The smallest absolute Gasteiger partial charge is 0.213 e. The molecule has 0 aliphatic heterocycles. The Morgan fingerprint density at radius 2 is 2.27 bits per heavy atom. The number of hydrogen-bond acceptors (Lipinski definition) is 4. The average molecular weight is 214 g/mol. The lowest BCUT2D eigenvalue weighted by Crippen LogP contribution is -2.23. The molecule has 0 radical (unpaired) electrons. The summed E-state index contributed by atoms with van der Waals surface area (Å²) in [5, 5.41) is 22.1. The summed E-state index contributed by atoms with van der Waals surface area (Å²) in [4.78, 5) is 3.37. The summed E-state index contributed by atoms with van der Waals surface area (Å²) in [6.45, 7) is 0.589. The second kappa shape index (κ2) is 5.75. The van der Waals surface area contributed by atoms with Crippen LogP contribution in [0.25, 0.3) is 0 Å². The number of aliphatic hydroxyl groups is 2. The number of nitrogens with zero attached hydrogens (tertiary/aromatic N) is 1. The van der Waals surface area contributed by atoms with E-state index in [1.807, 2.05) is 0 Å². The lowest BCUT2D eigenvalue weighted by atomic mass is 10.0. The molecule has 0 saturated carbocycles. The van der Waals surface area contributed by atoms with Gasteiger partial charge < -0.3 is 15.5 Å². The summed E-state index contributed by atoms with van der Waals surface area (Å²) >= 11 is 0. The van der Waals surface area contributed by atoms with Gasteiger partial charge in [-0.05, 0) is 37.7 Å². The van der Waals surface area contributed by atoms with Gasteiger partial charge in [-0.1, -0.05) is 0 Å². The van der Waals surface area contributed by atoms with Crippen molar-refractivity contribution in [2.45, 2.75) is 18.6 Å². The molecule has 2 atom stereocenters. The van der Waals surface area contributed by atoms with Crippen LogP contribution in [-0.2, 0) is 0 Å². The lowest BCUT2D eigenvalue weighted by molar-refractivity contribution is 0.0138. The van der Waals surface area contributed by atoms with E-state index in [1.54, 1.807) is 7.05 Å². The standard InChI is InChI=1S/C10H15FN2O2/c1-12-4-3-8(14)10(15)7-2-5-13-9(11)6-7/h2,5-6,8,10,12,14-15H,3-4H2,1H3. The summed E-state index contributed by atoms with van der Waals surface area (Å²) in [6.07, 6.45) is -0.310. The lowest BCUT2D eigenvalue weighted by Gasteiger charge is -2.17. The third-order valence-corrected chi connectivity index (χ3v) is 2.15. The summed E-state index contributed by atoms with van der Waals surface area (Å²) in [5.41, 5.74) is 0.339. The van der Waals surface area contributed by atoms with Crippen molar-refractivity contribution in [3.05, 3.63) is 29.8 Å². The third-order valence-electron chi connectivity index (χ3n) is 2.15. The van der Waals surface area contributed by atoms with Gasteiger partial charge in [0.2, 0.25) is 5.95 Å². The Morgan fingerprint density at radius 3 is 2.87 bits per heavy atom. The van der Waals surface area contributed by atoms with Crippen molar-refractivity contribution in [1.29, 1.82) is 0 Å². The molecule has 0 amide bonds. The monoisotopic (exact) mass is 214 g/mol. The van der Waals surface area contributed by atoms with Gasteiger partial charge in [0.25, 0.3) is 0 Å². The highest BCUT2D eigenvalue weighted by Gasteiger charge is 2.18. The maximum absolute atomic E-state index is 12.7. The fourth-order valence-corrected chi connectivity index (χ4v) is 1.27. The number of pyridine rings is 1. The van der Waals surface area contributed by atoms with Crippen LogP contribution in [0.2, 0.25) is 0 Å². The van der Waals surface area contributed by atoms with Crippen LogP contribution in [0.3, 0.4) is 0 Å². The predicted octanol–water partition coefficient (Wildman–Crippen LogP) is 0.224. The molecular weight excluding hydrogens is 199 g/mol. The fraction of sp³-hybridized carbons (Fsp3) is 0.500. The Balaban J connectivity index is 2.62. The summed E-state index contributed by atoms with van der Waals surface area (Å²) in [5.74, 6) is -0.660. The number of aromatic nitrogens is 1. The molecule has 1 rings (SSSR count). The molecule has 0 aliphatic carbocycles. The van der Waals surface area contributed by atoms with E-state index in [9.17, 15) is 14.6 Å². The van der Waals surface area contributed by atoms with E-state index in [-0.39, 0.29) is 0 Å². The van der Waals surface area contributed by atoms with Gasteiger partial charge in [-0.2, -0.15) is 4.39 Å². The van der Waals surface area contributed by atoms with Crippen molar-refractivity contribution in [2.24, 2.45) is 0 Å². The normalized spacial score (nSPS) is 14.9. The van der Waals surface area contributed by atoms with Gasteiger partial charge in [0.15, 0.2) is 0 Å². The highest BCUT2D eigenvalue weighted by molar-refractivity contribution is 5.15. The Hall–Kier alpha value is -1.04. The SMILES string of the molecule is CNCCC(O)C(O)c1ccnc(F)c1. The van der Waals surface area contributed by atoms with Crippen LogP contribution in [0.15, 0.2) is 18.3 Å². The summed E-state index contributed by atoms with van der Waals surface area (Å²) in [6, 6.07) is 2.60. The molecule has 3 N–H and O–H groups in total. The van der Waals surface area contributed by atoms with E-state index in [0.29, 0.717) is 18.5 Å². The van der Waals surface area contributed by atoms with Crippen LogP contribution in [0.1, 0.15) is 18.1 Å². The number of aliphatic hydroxyl groups excluding tert-OH is 2.